The van der Waals surface area contributed by atoms with Crippen molar-refractivity contribution in [3.8, 4) is 11.4 Å². The second-order valence-corrected chi connectivity index (χ2v) is 4.39. The van der Waals surface area contributed by atoms with E-state index in [1.807, 2.05) is 19.1 Å². The molecule has 0 fully saturated rings. The van der Waals surface area contributed by atoms with Crippen molar-refractivity contribution in [3.05, 3.63) is 51.4 Å². The number of aromatic carboxylic acids is 1. The molecular formula is C14H14N2O4. The summed E-state index contributed by atoms with van der Waals surface area (Å²) in [4.78, 5) is 22.6. The average Bonchev–Trinajstić information content (AvgIpc) is 2.38. The maximum Gasteiger partial charge on any atom is 0.360 e. The van der Waals surface area contributed by atoms with Crippen LogP contribution in [0.15, 0.2) is 29.1 Å². The van der Waals surface area contributed by atoms with E-state index >= 15 is 0 Å². The van der Waals surface area contributed by atoms with Crippen molar-refractivity contribution in [1.29, 1.82) is 0 Å². The second-order valence-electron chi connectivity index (χ2n) is 4.39. The third-order valence-electron chi connectivity index (χ3n) is 2.87. The number of hydrogen-bond donors (Lipinski definition) is 1. The smallest absolute Gasteiger partial charge is 0.360 e. The highest BCUT2D eigenvalue weighted by atomic mass is 16.5. The Bertz CT molecular complexity index is 734. The van der Waals surface area contributed by atoms with E-state index in [2.05, 4.69) is 5.10 Å². The van der Waals surface area contributed by atoms with Gasteiger partial charge in [0.15, 0.2) is 0 Å². The predicted molar refractivity (Wildman–Crippen MR) is 72.8 cm³/mol. The number of aryl methyl sites for hydroxylation is 2. The van der Waals surface area contributed by atoms with Crippen LogP contribution in [-0.2, 0) is 0 Å². The highest BCUT2D eigenvalue weighted by Gasteiger charge is 2.15. The molecule has 0 aliphatic carbocycles. The molecule has 0 aliphatic heterocycles. The number of hydrogen-bond acceptors (Lipinski definition) is 4. The molecule has 1 aromatic heterocycles. The summed E-state index contributed by atoms with van der Waals surface area (Å²) in [6.45, 7) is 3.58. The van der Waals surface area contributed by atoms with Gasteiger partial charge in [-0.25, -0.2) is 9.48 Å². The van der Waals surface area contributed by atoms with Crippen LogP contribution in [-0.4, -0.2) is 28.0 Å². The number of ether oxygens (including phenoxy) is 1. The lowest BCUT2D eigenvalue weighted by molar-refractivity contribution is 0.0686. The van der Waals surface area contributed by atoms with E-state index in [1.165, 1.54) is 17.9 Å². The van der Waals surface area contributed by atoms with Crippen LogP contribution in [0.5, 0.6) is 5.75 Å². The van der Waals surface area contributed by atoms with Crippen molar-refractivity contribution in [2.45, 2.75) is 13.8 Å². The van der Waals surface area contributed by atoms with Crippen molar-refractivity contribution < 1.29 is 14.6 Å². The van der Waals surface area contributed by atoms with Gasteiger partial charge in [-0.15, -0.1) is 0 Å². The zero-order chi connectivity index (χ0) is 14.9. The Hall–Kier alpha value is -2.63. The number of carboxylic acid groups (broad SMARTS) is 1. The summed E-state index contributed by atoms with van der Waals surface area (Å²) in [6, 6.07) is 6.70. The molecule has 0 aliphatic rings. The molecule has 2 rings (SSSR count). The lowest BCUT2D eigenvalue weighted by Crippen LogP contribution is -2.22. The minimum absolute atomic E-state index is 0.515. The zero-order valence-electron chi connectivity index (χ0n) is 11.4. The molecular weight excluding hydrogens is 260 g/mol. The monoisotopic (exact) mass is 274 g/mol. The molecule has 0 spiro atoms. The van der Waals surface area contributed by atoms with Crippen LogP contribution in [0, 0.1) is 13.8 Å². The maximum absolute atomic E-state index is 11.6. The first-order valence-electron chi connectivity index (χ1n) is 5.93. The normalized spacial score (nSPS) is 10.3. The van der Waals surface area contributed by atoms with Crippen molar-refractivity contribution in [2.75, 3.05) is 7.11 Å². The van der Waals surface area contributed by atoms with Crippen LogP contribution in [0.1, 0.15) is 21.7 Å². The topological polar surface area (TPSA) is 81.4 Å². The summed E-state index contributed by atoms with van der Waals surface area (Å²) in [5, 5.41) is 12.9. The first-order valence-corrected chi connectivity index (χ1v) is 5.93. The molecule has 104 valence electrons. The fraction of sp³-hybridized carbons (Fsp3) is 0.214. The van der Waals surface area contributed by atoms with Gasteiger partial charge in [0.1, 0.15) is 11.4 Å². The van der Waals surface area contributed by atoms with Crippen LogP contribution in [0.4, 0.5) is 0 Å². The molecule has 1 N–H and O–H groups in total. The number of methoxy groups -OCH3 is 1. The third-order valence-corrected chi connectivity index (χ3v) is 2.87. The van der Waals surface area contributed by atoms with E-state index in [4.69, 9.17) is 9.84 Å². The maximum atomic E-state index is 11.6. The number of benzene rings is 1. The standard InChI is InChI=1S/C14H14N2O4/c1-8-4-5-12(20-3)10(6-8)16-9(2)7-11(17)13(15-16)14(18)19/h4-7H,1-3H3,(H,18,19). The zero-order valence-corrected chi connectivity index (χ0v) is 11.4. The summed E-state index contributed by atoms with van der Waals surface area (Å²) in [5.74, 6) is -0.804. The highest BCUT2D eigenvalue weighted by Crippen LogP contribution is 2.23. The van der Waals surface area contributed by atoms with Crippen LogP contribution in [0.25, 0.3) is 5.69 Å². The number of nitrogens with zero attached hydrogens (tertiary/aromatic N) is 2. The molecule has 20 heavy (non-hydrogen) atoms. The lowest BCUT2D eigenvalue weighted by atomic mass is 10.2. The van der Waals surface area contributed by atoms with Gasteiger partial charge in [-0.05, 0) is 31.5 Å². The number of aromatic nitrogens is 2. The molecule has 0 saturated carbocycles. The Balaban J connectivity index is 2.75. The Morgan fingerprint density at radius 3 is 2.60 bits per heavy atom. The Kier molecular flexibility index (Phi) is 3.56. The van der Waals surface area contributed by atoms with Gasteiger partial charge < -0.3 is 9.84 Å². The van der Waals surface area contributed by atoms with Crippen LogP contribution in [0.3, 0.4) is 0 Å². The SMILES string of the molecule is COc1ccc(C)cc1-n1nc(C(=O)O)c(=O)cc1C. The van der Waals surface area contributed by atoms with Gasteiger partial charge in [0.25, 0.3) is 0 Å². The molecule has 6 heteroatoms. The lowest BCUT2D eigenvalue weighted by Gasteiger charge is -2.14. The summed E-state index contributed by atoms with van der Waals surface area (Å²) < 4.78 is 6.65. The molecule has 0 atom stereocenters. The third kappa shape index (κ3) is 2.40. The van der Waals surface area contributed by atoms with Gasteiger partial charge in [0, 0.05) is 11.8 Å². The van der Waals surface area contributed by atoms with Gasteiger partial charge in [-0.3, -0.25) is 4.79 Å². The van der Waals surface area contributed by atoms with Crippen molar-refractivity contribution in [1.82, 2.24) is 9.78 Å². The number of carboxylic acids is 1. The van der Waals surface area contributed by atoms with Gasteiger partial charge in [-0.1, -0.05) is 6.07 Å². The molecule has 6 nitrogen and oxygen atoms in total. The second kappa shape index (κ2) is 5.16. The number of carbonyl (C=O) groups is 1. The van der Waals surface area contributed by atoms with Crippen LogP contribution >= 0.6 is 0 Å². The summed E-state index contributed by atoms with van der Waals surface area (Å²) in [7, 11) is 1.52. The Labute approximate surface area is 115 Å². The fourth-order valence-corrected chi connectivity index (χ4v) is 1.90. The van der Waals surface area contributed by atoms with Gasteiger partial charge in [-0.2, -0.15) is 5.10 Å². The van der Waals surface area contributed by atoms with E-state index in [-0.39, 0.29) is 0 Å². The highest BCUT2D eigenvalue weighted by molar-refractivity contribution is 5.85. The van der Waals surface area contributed by atoms with E-state index in [9.17, 15) is 9.59 Å². The first-order chi connectivity index (χ1) is 9.43. The van der Waals surface area contributed by atoms with Gasteiger partial charge in [0.2, 0.25) is 11.1 Å². The molecule has 2 aromatic rings. The van der Waals surface area contributed by atoms with Crippen molar-refractivity contribution >= 4 is 5.97 Å². The van der Waals surface area contributed by atoms with Crippen LogP contribution < -0.4 is 10.2 Å². The quantitative estimate of drug-likeness (QED) is 0.918. The predicted octanol–water partition coefficient (Wildman–Crippen LogP) is 1.56. The average molecular weight is 274 g/mol. The van der Waals surface area contributed by atoms with E-state index < -0.39 is 17.1 Å². The Morgan fingerprint density at radius 1 is 1.30 bits per heavy atom. The minimum atomic E-state index is -1.35. The van der Waals surface area contributed by atoms with Crippen molar-refractivity contribution in [3.63, 3.8) is 0 Å². The van der Waals surface area contributed by atoms with E-state index in [0.29, 0.717) is 17.1 Å². The fourth-order valence-electron chi connectivity index (χ4n) is 1.90. The van der Waals surface area contributed by atoms with Crippen LogP contribution in [0.2, 0.25) is 0 Å². The minimum Gasteiger partial charge on any atom is -0.494 e. The summed E-state index contributed by atoms with van der Waals surface area (Å²) >= 11 is 0. The first kappa shape index (κ1) is 13.8. The molecule has 0 radical (unpaired) electrons. The Morgan fingerprint density at radius 2 is 2.00 bits per heavy atom. The molecule has 1 heterocycles. The molecule has 0 amide bonds. The van der Waals surface area contributed by atoms with Gasteiger partial charge >= 0.3 is 5.97 Å². The van der Waals surface area contributed by atoms with E-state index in [0.717, 1.165) is 5.56 Å². The largest absolute Gasteiger partial charge is 0.494 e. The number of rotatable bonds is 3. The molecule has 0 bridgehead atoms. The van der Waals surface area contributed by atoms with E-state index in [1.54, 1.807) is 13.0 Å². The molecule has 1 aromatic carbocycles. The summed E-state index contributed by atoms with van der Waals surface area (Å²) in [6.07, 6.45) is 0. The van der Waals surface area contributed by atoms with Gasteiger partial charge in [0.05, 0.1) is 7.11 Å². The van der Waals surface area contributed by atoms with Crippen molar-refractivity contribution in [2.24, 2.45) is 0 Å². The molecule has 0 unspecified atom stereocenters. The summed E-state index contributed by atoms with van der Waals surface area (Å²) in [5.41, 5.74) is 0.964. The molecule has 0 saturated heterocycles.